The molecule has 0 atom stereocenters. The average Bonchev–Trinajstić information content (AvgIpc) is 3.08. The van der Waals surface area contributed by atoms with Crippen LogP contribution in [0.3, 0.4) is 0 Å². The van der Waals surface area contributed by atoms with Crippen LogP contribution in [0.25, 0.3) is 0 Å². The maximum absolute atomic E-state index is 14.2. The molecule has 2 heterocycles. The highest BCUT2D eigenvalue weighted by atomic mass is 19.1. The van der Waals surface area contributed by atoms with Crippen molar-refractivity contribution in [1.82, 2.24) is 19.9 Å². The summed E-state index contributed by atoms with van der Waals surface area (Å²) in [4.78, 5) is 16.2. The molecule has 2 fully saturated rings. The van der Waals surface area contributed by atoms with E-state index in [0.29, 0.717) is 29.6 Å². The second-order valence-electron chi connectivity index (χ2n) is 8.94. The van der Waals surface area contributed by atoms with E-state index >= 15 is 0 Å². The lowest BCUT2D eigenvalue weighted by molar-refractivity contribution is 0.237. The summed E-state index contributed by atoms with van der Waals surface area (Å²) in [6.45, 7) is 4.04. The summed E-state index contributed by atoms with van der Waals surface area (Å²) in [5, 5.41) is 9.99. The van der Waals surface area contributed by atoms with Gasteiger partial charge < -0.3 is 25.6 Å². The summed E-state index contributed by atoms with van der Waals surface area (Å²) in [5.41, 5.74) is 0.555. The van der Waals surface area contributed by atoms with Gasteiger partial charge in [0.2, 0.25) is 17.8 Å². The topological polar surface area (TPSA) is 87.2 Å². The van der Waals surface area contributed by atoms with E-state index in [1.54, 1.807) is 12.1 Å². The van der Waals surface area contributed by atoms with Gasteiger partial charge in [-0.15, -0.1) is 0 Å². The number of benzene rings is 1. The Morgan fingerprint density at radius 1 is 0.939 bits per heavy atom. The van der Waals surface area contributed by atoms with Crippen molar-refractivity contribution in [1.29, 1.82) is 0 Å². The van der Waals surface area contributed by atoms with Crippen LogP contribution in [0.4, 0.5) is 27.9 Å². The van der Waals surface area contributed by atoms with Gasteiger partial charge in [0, 0.05) is 30.9 Å². The van der Waals surface area contributed by atoms with Crippen molar-refractivity contribution in [3.63, 3.8) is 0 Å². The molecule has 1 aromatic heterocycles. The zero-order valence-corrected chi connectivity index (χ0v) is 19.6. The van der Waals surface area contributed by atoms with Crippen molar-refractivity contribution in [2.45, 2.75) is 63.8 Å². The highest BCUT2D eigenvalue weighted by Crippen LogP contribution is 2.24. The number of piperidine rings is 1. The Hall–Kier alpha value is -2.68. The number of nitrogens with zero attached hydrogens (tertiary/aromatic N) is 4. The van der Waals surface area contributed by atoms with Crippen LogP contribution in [-0.2, 0) is 0 Å². The van der Waals surface area contributed by atoms with Crippen LogP contribution in [-0.4, -0.2) is 59.2 Å². The molecule has 1 aliphatic carbocycles. The van der Waals surface area contributed by atoms with E-state index < -0.39 is 5.82 Å². The standard InChI is InChI=1S/C24H36FN7O/c1-33-21-12-11-19(17-20(21)25)28-24-30-22(26-13-16-32-14-7-4-8-15-32)29-23(31-24)27-18-9-5-2-3-6-10-18/h11-12,17-18H,2-10,13-16H2,1H3,(H3,26,27,28,29,30,31). The molecule has 0 amide bonds. The summed E-state index contributed by atoms with van der Waals surface area (Å²) >= 11 is 0. The lowest BCUT2D eigenvalue weighted by Crippen LogP contribution is -2.34. The SMILES string of the molecule is COc1ccc(Nc2nc(NCCN3CCCCC3)nc(NC3CCCCCC3)n2)cc1F. The van der Waals surface area contributed by atoms with Crippen LogP contribution >= 0.6 is 0 Å². The largest absolute Gasteiger partial charge is 0.494 e. The van der Waals surface area contributed by atoms with E-state index in [1.165, 1.54) is 58.1 Å². The molecule has 0 unspecified atom stereocenters. The maximum Gasteiger partial charge on any atom is 0.233 e. The number of anilines is 4. The molecule has 1 aromatic carbocycles. The van der Waals surface area contributed by atoms with E-state index in [-0.39, 0.29) is 5.75 Å². The van der Waals surface area contributed by atoms with E-state index in [2.05, 4.69) is 35.8 Å². The van der Waals surface area contributed by atoms with Crippen molar-refractivity contribution in [3.05, 3.63) is 24.0 Å². The number of rotatable bonds is 9. The number of hydrogen-bond donors (Lipinski definition) is 3. The zero-order chi connectivity index (χ0) is 22.9. The Morgan fingerprint density at radius 3 is 2.36 bits per heavy atom. The van der Waals surface area contributed by atoms with Crippen LogP contribution in [0.2, 0.25) is 0 Å². The Bertz CT molecular complexity index is 883. The molecule has 4 rings (SSSR count). The van der Waals surface area contributed by atoms with Crippen molar-refractivity contribution in [3.8, 4) is 5.75 Å². The maximum atomic E-state index is 14.2. The number of nitrogens with one attached hydrogen (secondary N) is 3. The van der Waals surface area contributed by atoms with Gasteiger partial charge in [-0.1, -0.05) is 32.1 Å². The molecule has 0 bridgehead atoms. The molecule has 9 heteroatoms. The Balaban J connectivity index is 1.46. The Kier molecular flexibility index (Phi) is 8.52. The zero-order valence-electron chi connectivity index (χ0n) is 19.6. The Labute approximate surface area is 195 Å². The number of halogens is 1. The smallest absolute Gasteiger partial charge is 0.233 e. The minimum atomic E-state index is -0.437. The molecule has 2 aliphatic rings. The predicted octanol–water partition coefficient (Wildman–Crippen LogP) is 4.80. The van der Waals surface area contributed by atoms with Gasteiger partial charge in [0.25, 0.3) is 0 Å². The summed E-state index contributed by atoms with van der Waals surface area (Å²) in [7, 11) is 1.45. The first kappa shape index (κ1) is 23.5. The van der Waals surface area contributed by atoms with Gasteiger partial charge in [-0.25, -0.2) is 4.39 Å². The number of methoxy groups -OCH3 is 1. The van der Waals surface area contributed by atoms with Crippen molar-refractivity contribution in [2.75, 3.05) is 49.2 Å². The third kappa shape index (κ3) is 7.15. The van der Waals surface area contributed by atoms with E-state index in [1.807, 2.05) is 0 Å². The molecule has 180 valence electrons. The fourth-order valence-electron chi connectivity index (χ4n) is 4.56. The number of hydrogen-bond acceptors (Lipinski definition) is 8. The quantitative estimate of drug-likeness (QED) is 0.463. The Morgan fingerprint density at radius 2 is 1.64 bits per heavy atom. The van der Waals surface area contributed by atoms with Gasteiger partial charge in [-0.2, -0.15) is 15.0 Å². The lowest BCUT2D eigenvalue weighted by Gasteiger charge is -2.26. The summed E-state index contributed by atoms with van der Waals surface area (Å²) in [6.07, 6.45) is 11.1. The van der Waals surface area contributed by atoms with E-state index in [9.17, 15) is 4.39 Å². The molecule has 1 aliphatic heterocycles. The highest BCUT2D eigenvalue weighted by molar-refractivity contribution is 5.57. The fraction of sp³-hybridized carbons (Fsp3) is 0.625. The van der Waals surface area contributed by atoms with Crippen molar-refractivity contribution < 1.29 is 9.13 Å². The average molecular weight is 458 g/mol. The van der Waals surface area contributed by atoms with Gasteiger partial charge in [0.15, 0.2) is 11.6 Å². The van der Waals surface area contributed by atoms with Gasteiger partial charge in [-0.05, 0) is 50.9 Å². The van der Waals surface area contributed by atoms with Crippen LogP contribution in [0.5, 0.6) is 5.75 Å². The number of aromatic nitrogens is 3. The molecule has 8 nitrogen and oxygen atoms in total. The molecule has 33 heavy (non-hydrogen) atoms. The second-order valence-corrected chi connectivity index (χ2v) is 8.94. The van der Waals surface area contributed by atoms with E-state index in [4.69, 9.17) is 4.74 Å². The van der Waals surface area contributed by atoms with Crippen LogP contribution in [0.1, 0.15) is 57.8 Å². The lowest BCUT2D eigenvalue weighted by atomic mass is 10.1. The molecule has 0 spiro atoms. The number of likely N-dealkylation sites (tertiary alicyclic amines) is 1. The summed E-state index contributed by atoms with van der Waals surface area (Å²) < 4.78 is 19.2. The second kappa shape index (κ2) is 12.0. The first-order valence-electron chi connectivity index (χ1n) is 12.3. The van der Waals surface area contributed by atoms with Crippen molar-refractivity contribution >= 4 is 23.5 Å². The fourth-order valence-corrected chi connectivity index (χ4v) is 4.56. The van der Waals surface area contributed by atoms with Crippen molar-refractivity contribution in [2.24, 2.45) is 0 Å². The molecular weight excluding hydrogens is 421 g/mol. The molecule has 1 saturated carbocycles. The third-order valence-corrected chi connectivity index (χ3v) is 6.39. The monoisotopic (exact) mass is 457 g/mol. The van der Waals surface area contributed by atoms with Gasteiger partial charge in [0.1, 0.15) is 0 Å². The minimum Gasteiger partial charge on any atom is -0.494 e. The molecular formula is C24H36FN7O. The predicted molar refractivity (Wildman–Crippen MR) is 130 cm³/mol. The van der Waals surface area contributed by atoms with Crippen LogP contribution < -0.4 is 20.7 Å². The minimum absolute atomic E-state index is 0.201. The first-order chi connectivity index (χ1) is 16.2. The summed E-state index contributed by atoms with van der Waals surface area (Å²) in [5.74, 6) is 1.22. The summed E-state index contributed by atoms with van der Waals surface area (Å²) in [6, 6.07) is 5.07. The van der Waals surface area contributed by atoms with Gasteiger partial charge >= 0.3 is 0 Å². The molecule has 1 saturated heterocycles. The van der Waals surface area contributed by atoms with Gasteiger partial charge in [-0.3, -0.25) is 0 Å². The van der Waals surface area contributed by atoms with Crippen LogP contribution in [0, 0.1) is 5.82 Å². The normalized spacial score (nSPS) is 17.9. The molecule has 0 radical (unpaired) electrons. The molecule has 2 aromatic rings. The van der Waals surface area contributed by atoms with Crippen LogP contribution in [0.15, 0.2) is 18.2 Å². The van der Waals surface area contributed by atoms with E-state index in [0.717, 1.165) is 39.0 Å². The third-order valence-electron chi connectivity index (χ3n) is 6.39. The molecule has 3 N–H and O–H groups in total. The van der Waals surface area contributed by atoms with Gasteiger partial charge in [0.05, 0.1) is 7.11 Å². The number of ether oxygens (including phenoxy) is 1. The first-order valence-corrected chi connectivity index (χ1v) is 12.3. The highest BCUT2D eigenvalue weighted by Gasteiger charge is 2.16.